The standard InChI is InChI=1S/C51H30N4O2/c1-3-13-31(14-4-1)49-52-50(32-15-5-2-6-16-32)54-51(53-49)34-24-26-40-42-30-35(55-43-20-10-7-17-36(43)37-18-8-11-21-44(37)55)29-41(48(42)57-47(40)28-34)33-23-25-39-38-19-9-12-22-45(38)56-46(39)27-33/h1-30H/i7D,8D,17D,18D,20D,21D. The molecule has 0 aliphatic heterocycles. The Balaban J connectivity index is 1.14. The van der Waals surface area contributed by atoms with Gasteiger partial charge in [0.1, 0.15) is 22.3 Å². The zero-order chi connectivity index (χ0) is 42.7. The van der Waals surface area contributed by atoms with Crippen LogP contribution in [0.5, 0.6) is 0 Å². The van der Waals surface area contributed by atoms with Crippen LogP contribution in [0.4, 0.5) is 0 Å². The molecule has 57 heavy (non-hydrogen) atoms. The lowest BCUT2D eigenvalue weighted by atomic mass is 9.99. The average Bonchev–Trinajstić information content (AvgIpc) is 4.00. The fourth-order valence-electron chi connectivity index (χ4n) is 7.95. The van der Waals surface area contributed by atoms with E-state index in [0.29, 0.717) is 51.0 Å². The van der Waals surface area contributed by atoms with Crippen molar-refractivity contribution in [3.05, 3.63) is 182 Å². The molecule has 0 unspecified atom stereocenters. The quantitative estimate of drug-likeness (QED) is 0.176. The second-order valence-electron chi connectivity index (χ2n) is 13.9. The number of hydrogen-bond donors (Lipinski definition) is 0. The molecule has 4 heterocycles. The molecule has 12 aromatic rings. The van der Waals surface area contributed by atoms with Crippen molar-refractivity contribution in [1.82, 2.24) is 19.5 Å². The van der Waals surface area contributed by atoms with E-state index in [2.05, 4.69) is 0 Å². The van der Waals surface area contributed by atoms with Gasteiger partial charge in [-0.3, -0.25) is 0 Å². The first-order valence-electron chi connectivity index (χ1n) is 21.5. The molecule has 0 saturated carbocycles. The van der Waals surface area contributed by atoms with Gasteiger partial charge in [-0.1, -0.05) is 127 Å². The van der Waals surface area contributed by atoms with Crippen LogP contribution in [0.3, 0.4) is 0 Å². The highest BCUT2D eigenvalue weighted by Crippen LogP contribution is 2.42. The van der Waals surface area contributed by atoms with E-state index in [1.54, 1.807) is 4.57 Å². The van der Waals surface area contributed by atoms with Gasteiger partial charge in [0.2, 0.25) is 0 Å². The third-order valence-electron chi connectivity index (χ3n) is 10.6. The molecule has 6 nitrogen and oxygen atoms in total. The number of hydrogen-bond acceptors (Lipinski definition) is 5. The smallest absolute Gasteiger partial charge is 0.164 e. The van der Waals surface area contributed by atoms with E-state index < -0.39 is 0 Å². The summed E-state index contributed by atoms with van der Waals surface area (Å²) in [5.41, 5.74) is 7.58. The summed E-state index contributed by atoms with van der Waals surface area (Å²) in [6.45, 7) is 0. The fraction of sp³-hybridized carbons (Fsp3) is 0. The summed E-state index contributed by atoms with van der Waals surface area (Å²) in [4.78, 5) is 14.8. The molecule has 0 aliphatic carbocycles. The largest absolute Gasteiger partial charge is 0.456 e. The van der Waals surface area contributed by atoms with Crippen LogP contribution >= 0.6 is 0 Å². The molecule has 6 heteroatoms. The normalized spacial score (nSPS) is 13.3. The second kappa shape index (κ2) is 12.3. The minimum absolute atomic E-state index is 0.0401. The Labute approximate surface area is 334 Å². The van der Waals surface area contributed by atoms with Crippen molar-refractivity contribution in [3.8, 4) is 51.0 Å². The van der Waals surface area contributed by atoms with Gasteiger partial charge in [-0.15, -0.1) is 0 Å². The first kappa shape index (κ1) is 26.1. The molecule has 0 bridgehead atoms. The van der Waals surface area contributed by atoms with E-state index >= 15 is 0 Å². The molecule has 12 rings (SSSR count). The highest BCUT2D eigenvalue weighted by molar-refractivity contribution is 6.14. The SMILES string of the molecule is [2H]c1cc([2H])c2c(c1[2H])c1c([2H])c([2H])cc([2H])c1n2-c1cc(-c2ccc3c(c2)oc2ccccc23)c2oc3cc(-c4nc(-c5ccccc5)nc(-c5ccccc5)n4)ccc3c2c1. The Morgan fingerprint density at radius 3 is 1.63 bits per heavy atom. The monoisotopic (exact) mass is 736 g/mol. The van der Waals surface area contributed by atoms with E-state index in [-0.39, 0.29) is 58.1 Å². The van der Waals surface area contributed by atoms with Crippen LogP contribution in [-0.2, 0) is 0 Å². The molecule has 0 N–H and O–H groups in total. The number of fused-ring (bicyclic) bond motifs is 9. The van der Waals surface area contributed by atoms with Gasteiger partial charge in [0.05, 0.1) is 19.3 Å². The van der Waals surface area contributed by atoms with Gasteiger partial charge < -0.3 is 13.4 Å². The van der Waals surface area contributed by atoms with Crippen molar-refractivity contribution in [1.29, 1.82) is 0 Å². The number of furan rings is 2. The molecule has 0 fully saturated rings. The summed E-state index contributed by atoms with van der Waals surface area (Å²) in [6, 6.07) is 45.0. The maximum absolute atomic E-state index is 9.15. The Hall–Kier alpha value is -7.83. The summed E-state index contributed by atoms with van der Waals surface area (Å²) in [7, 11) is 0. The van der Waals surface area contributed by atoms with E-state index in [1.807, 2.05) is 133 Å². The van der Waals surface area contributed by atoms with Gasteiger partial charge in [-0.25, -0.2) is 15.0 Å². The summed E-state index contributed by atoms with van der Waals surface area (Å²) < 4.78 is 68.2. The number of benzene rings is 8. The van der Waals surface area contributed by atoms with Crippen LogP contribution in [0.2, 0.25) is 0 Å². The molecule has 0 amide bonds. The number of para-hydroxylation sites is 3. The molecular formula is C51H30N4O2. The lowest BCUT2D eigenvalue weighted by Crippen LogP contribution is -2.00. The maximum Gasteiger partial charge on any atom is 0.164 e. The highest BCUT2D eigenvalue weighted by atomic mass is 16.3. The first-order chi connectivity index (χ1) is 30.7. The van der Waals surface area contributed by atoms with Crippen LogP contribution in [0.15, 0.2) is 191 Å². The molecule has 266 valence electrons. The fourth-order valence-corrected chi connectivity index (χ4v) is 7.95. The van der Waals surface area contributed by atoms with Crippen molar-refractivity contribution in [2.75, 3.05) is 0 Å². The van der Waals surface area contributed by atoms with Crippen LogP contribution in [0.25, 0.3) is 117 Å². The summed E-state index contributed by atoms with van der Waals surface area (Å²) in [5, 5.41) is 3.84. The predicted octanol–water partition coefficient (Wildman–Crippen LogP) is 13.4. The molecule has 0 saturated heterocycles. The summed E-state index contributed by atoms with van der Waals surface area (Å²) in [6.07, 6.45) is 0. The lowest BCUT2D eigenvalue weighted by Gasteiger charge is -2.12. The Kier molecular flexibility index (Phi) is 5.64. The minimum Gasteiger partial charge on any atom is -0.456 e. The van der Waals surface area contributed by atoms with E-state index in [9.17, 15) is 0 Å². The number of nitrogens with zero attached hydrogens (tertiary/aromatic N) is 4. The van der Waals surface area contributed by atoms with Gasteiger partial charge in [0, 0.05) is 60.3 Å². The zero-order valence-electron chi connectivity index (χ0n) is 36.0. The molecule has 0 spiro atoms. The average molecular weight is 737 g/mol. The topological polar surface area (TPSA) is 69.9 Å². The summed E-state index contributed by atoms with van der Waals surface area (Å²) in [5.74, 6) is 1.54. The Bertz CT molecular complexity index is 3750. The number of aromatic nitrogens is 4. The maximum atomic E-state index is 9.15. The van der Waals surface area contributed by atoms with Crippen molar-refractivity contribution in [3.63, 3.8) is 0 Å². The molecule has 0 aliphatic rings. The van der Waals surface area contributed by atoms with Crippen molar-refractivity contribution < 1.29 is 17.1 Å². The van der Waals surface area contributed by atoms with Crippen LogP contribution in [0.1, 0.15) is 8.22 Å². The minimum atomic E-state index is -0.176. The van der Waals surface area contributed by atoms with E-state index in [1.165, 1.54) is 12.1 Å². The van der Waals surface area contributed by atoms with Crippen molar-refractivity contribution >= 4 is 65.7 Å². The van der Waals surface area contributed by atoms with Gasteiger partial charge in [-0.2, -0.15) is 0 Å². The van der Waals surface area contributed by atoms with E-state index in [4.69, 9.17) is 32.0 Å². The second-order valence-corrected chi connectivity index (χ2v) is 13.9. The molecule has 0 atom stereocenters. The van der Waals surface area contributed by atoms with Gasteiger partial charge >= 0.3 is 0 Å². The molecular weight excluding hydrogens is 701 g/mol. The predicted molar refractivity (Wildman–Crippen MR) is 230 cm³/mol. The Morgan fingerprint density at radius 2 is 0.947 bits per heavy atom. The van der Waals surface area contributed by atoms with Gasteiger partial charge in [-0.05, 0) is 60.1 Å². The van der Waals surface area contributed by atoms with Gasteiger partial charge in [0.15, 0.2) is 17.5 Å². The third kappa shape index (κ3) is 5.01. The molecule has 8 aromatic carbocycles. The first-order valence-corrected chi connectivity index (χ1v) is 18.5. The van der Waals surface area contributed by atoms with Crippen molar-refractivity contribution in [2.24, 2.45) is 0 Å². The van der Waals surface area contributed by atoms with Crippen LogP contribution in [0, 0.1) is 0 Å². The summed E-state index contributed by atoms with van der Waals surface area (Å²) >= 11 is 0. The Morgan fingerprint density at radius 1 is 0.404 bits per heavy atom. The van der Waals surface area contributed by atoms with Gasteiger partial charge in [0.25, 0.3) is 0 Å². The lowest BCUT2D eigenvalue weighted by molar-refractivity contribution is 0.668. The van der Waals surface area contributed by atoms with E-state index in [0.717, 1.165) is 43.8 Å². The third-order valence-corrected chi connectivity index (χ3v) is 10.6. The van der Waals surface area contributed by atoms with Crippen LogP contribution in [-0.4, -0.2) is 19.5 Å². The molecule has 0 radical (unpaired) electrons. The molecule has 4 aromatic heterocycles. The number of rotatable bonds is 5. The van der Waals surface area contributed by atoms with Crippen LogP contribution < -0.4 is 0 Å². The zero-order valence-corrected chi connectivity index (χ0v) is 30.0. The highest BCUT2D eigenvalue weighted by Gasteiger charge is 2.21. The van der Waals surface area contributed by atoms with Crippen molar-refractivity contribution in [2.45, 2.75) is 0 Å².